The van der Waals surface area contributed by atoms with Crippen LogP contribution in [0.15, 0.2) is 43.1 Å². The van der Waals surface area contributed by atoms with Gasteiger partial charge in [0.05, 0.1) is 18.7 Å². The van der Waals surface area contributed by atoms with Crippen LogP contribution in [0, 0.1) is 5.92 Å². The molecule has 0 atom stereocenters. The van der Waals surface area contributed by atoms with Crippen molar-refractivity contribution in [1.82, 2.24) is 24.4 Å². The van der Waals surface area contributed by atoms with Crippen LogP contribution in [0.1, 0.15) is 18.4 Å². The second-order valence-corrected chi connectivity index (χ2v) is 5.74. The highest BCUT2D eigenvalue weighted by Gasteiger charge is 2.17. The second-order valence-electron chi connectivity index (χ2n) is 5.74. The van der Waals surface area contributed by atoms with Crippen molar-refractivity contribution in [2.24, 2.45) is 13.0 Å². The summed E-state index contributed by atoms with van der Waals surface area (Å²) in [7, 11) is 1.90. The van der Waals surface area contributed by atoms with Crippen LogP contribution in [-0.4, -0.2) is 24.4 Å². The van der Waals surface area contributed by atoms with E-state index in [2.05, 4.69) is 26.6 Å². The van der Waals surface area contributed by atoms with Gasteiger partial charge in [0, 0.05) is 37.5 Å². The molecule has 7 nitrogen and oxygen atoms in total. The van der Waals surface area contributed by atoms with E-state index in [9.17, 15) is 0 Å². The van der Waals surface area contributed by atoms with Crippen LogP contribution >= 0.6 is 0 Å². The van der Waals surface area contributed by atoms with E-state index >= 15 is 0 Å². The summed E-state index contributed by atoms with van der Waals surface area (Å²) in [6.45, 7) is 0.657. The highest BCUT2D eigenvalue weighted by atomic mass is 16.5. The van der Waals surface area contributed by atoms with Gasteiger partial charge in [-0.05, 0) is 24.8 Å². The van der Waals surface area contributed by atoms with E-state index in [0.717, 1.165) is 17.0 Å². The molecule has 7 heteroatoms. The molecule has 0 amide bonds. The van der Waals surface area contributed by atoms with Crippen molar-refractivity contribution in [3.8, 4) is 5.88 Å². The Hall–Kier alpha value is -2.83. The fraction of sp³-hybridized carbons (Fsp3) is 0.312. The van der Waals surface area contributed by atoms with Gasteiger partial charge in [-0.1, -0.05) is 0 Å². The Morgan fingerprint density at radius 2 is 2.30 bits per heavy atom. The van der Waals surface area contributed by atoms with E-state index in [1.807, 2.05) is 31.6 Å². The molecule has 3 aromatic rings. The Bertz CT molecular complexity index is 845. The highest BCUT2D eigenvalue weighted by molar-refractivity contribution is 5.51. The van der Waals surface area contributed by atoms with E-state index in [1.54, 1.807) is 21.7 Å². The first-order valence-electron chi connectivity index (χ1n) is 7.67. The molecule has 118 valence electrons. The lowest BCUT2D eigenvalue weighted by Crippen LogP contribution is -2.06. The van der Waals surface area contributed by atoms with Crippen molar-refractivity contribution < 1.29 is 4.74 Å². The van der Waals surface area contributed by atoms with Gasteiger partial charge in [0.15, 0.2) is 5.65 Å². The first-order chi connectivity index (χ1) is 11.3. The van der Waals surface area contributed by atoms with Gasteiger partial charge in [0.1, 0.15) is 5.82 Å². The van der Waals surface area contributed by atoms with E-state index in [0.29, 0.717) is 18.3 Å². The number of ether oxygens (including phenoxy) is 1. The van der Waals surface area contributed by atoms with Gasteiger partial charge in [-0.2, -0.15) is 19.7 Å². The van der Waals surface area contributed by atoms with Gasteiger partial charge in [0.25, 0.3) is 0 Å². The summed E-state index contributed by atoms with van der Waals surface area (Å²) in [5, 5.41) is 11.8. The van der Waals surface area contributed by atoms with Crippen LogP contribution in [0.3, 0.4) is 0 Å². The standard InChI is InChI=1S/C16H18N6O/c1-21-11-13(10-19-21)9-17-15-8-16(23-7-5-12-2-3-12)20-14-4-6-18-22(14)15/h4-8,10-12,17H,2-3,9H2,1H3. The van der Waals surface area contributed by atoms with E-state index in [1.165, 1.54) is 12.8 Å². The second kappa shape index (κ2) is 5.75. The Balaban J connectivity index is 1.54. The lowest BCUT2D eigenvalue weighted by molar-refractivity contribution is 0.459. The van der Waals surface area contributed by atoms with Gasteiger partial charge in [-0.15, -0.1) is 0 Å². The molecule has 3 aromatic heterocycles. The Labute approximate surface area is 133 Å². The molecular formula is C16H18N6O. The predicted octanol–water partition coefficient (Wildman–Crippen LogP) is 2.38. The first-order valence-corrected chi connectivity index (χ1v) is 7.67. The van der Waals surface area contributed by atoms with Crippen molar-refractivity contribution in [2.45, 2.75) is 19.4 Å². The van der Waals surface area contributed by atoms with Crippen LogP contribution in [0.4, 0.5) is 5.82 Å². The maximum atomic E-state index is 5.64. The number of hydrogen-bond donors (Lipinski definition) is 1. The number of allylic oxidation sites excluding steroid dienone is 1. The topological polar surface area (TPSA) is 69.3 Å². The third-order valence-corrected chi connectivity index (χ3v) is 3.73. The molecule has 1 saturated carbocycles. The SMILES string of the molecule is Cn1cc(CNc2cc(OC=CC3CC3)nc3ccnn23)cn1. The molecule has 4 rings (SSSR count). The quantitative estimate of drug-likeness (QED) is 0.708. The Kier molecular flexibility index (Phi) is 3.45. The third kappa shape index (κ3) is 3.18. The van der Waals surface area contributed by atoms with Crippen molar-refractivity contribution in [3.63, 3.8) is 0 Å². The van der Waals surface area contributed by atoms with Crippen molar-refractivity contribution in [2.75, 3.05) is 5.32 Å². The van der Waals surface area contributed by atoms with E-state index in [-0.39, 0.29) is 0 Å². The lowest BCUT2D eigenvalue weighted by Gasteiger charge is -2.09. The average Bonchev–Trinajstić information content (AvgIpc) is 3.07. The number of hydrogen-bond acceptors (Lipinski definition) is 5. The Morgan fingerprint density at radius 3 is 3.09 bits per heavy atom. The lowest BCUT2D eigenvalue weighted by atomic mass is 10.3. The monoisotopic (exact) mass is 310 g/mol. The largest absolute Gasteiger partial charge is 0.447 e. The van der Waals surface area contributed by atoms with Crippen LogP contribution in [-0.2, 0) is 13.6 Å². The molecule has 0 unspecified atom stereocenters. The van der Waals surface area contributed by atoms with Gasteiger partial charge < -0.3 is 10.1 Å². The number of anilines is 1. The molecule has 23 heavy (non-hydrogen) atoms. The van der Waals surface area contributed by atoms with Gasteiger partial charge >= 0.3 is 0 Å². The minimum Gasteiger partial charge on any atom is -0.447 e. The van der Waals surface area contributed by atoms with Crippen LogP contribution in [0.5, 0.6) is 5.88 Å². The number of fused-ring (bicyclic) bond motifs is 1. The summed E-state index contributed by atoms with van der Waals surface area (Å²) in [4.78, 5) is 4.44. The summed E-state index contributed by atoms with van der Waals surface area (Å²) in [6, 6.07) is 3.71. The highest BCUT2D eigenvalue weighted by Crippen LogP contribution is 2.30. The predicted molar refractivity (Wildman–Crippen MR) is 86.0 cm³/mol. The summed E-state index contributed by atoms with van der Waals surface area (Å²) in [5.41, 5.74) is 1.84. The number of aryl methyl sites for hydroxylation is 1. The third-order valence-electron chi connectivity index (χ3n) is 3.73. The molecule has 3 heterocycles. The molecule has 1 N–H and O–H groups in total. The minimum absolute atomic E-state index is 0.559. The van der Waals surface area contributed by atoms with Crippen molar-refractivity contribution >= 4 is 11.5 Å². The molecule has 1 aliphatic carbocycles. The summed E-state index contributed by atoms with van der Waals surface area (Å²) in [5.74, 6) is 2.07. The molecule has 1 aliphatic rings. The maximum Gasteiger partial charge on any atom is 0.224 e. The van der Waals surface area contributed by atoms with E-state index in [4.69, 9.17) is 4.74 Å². The van der Waals surface area contributed by atoms with Crippen LogP contribution in [0.25, 0.3) is 5.65 Å². The number of nitrogens with zero attached hydrogens (tertiary/aromatic N) is 5. The molecule has 0 aliphatic heterocycles. The fourth-order valence-electron chi connectivity index (χ4n) is 2.34. The molecule has 0 saturated heterocycles. The van der Waals surface area contributed by atoms with Gasteiger partial charge in [-0.25, -0.2) is 0 Å². The average molecular weight is 310 g/mol. The molecule has 0 radical (unpaired) electrons. The number of rotatable bonds is 6. The normalized spacial score (nSPS) is 14.7. The van der Waals surface area contributed by atoms with Crippen molar-refractivity contribution in [1.29, 1.82) is 0 Å². The minimum atomic E-state index is 0.559. The zero-order valence-electron chi connectivity index (χ0n) is 12.9. The van der Waals surface area contributed by atoms with E-state index < -0.39 is 0 Å². The summed E-state index contributed by atoms with van der Waals surface area (Å²) >= 11 is 0. The molecule has 0 bridgehead atoms. The number of aromatic nitrogens is 5. The number of nitrogens with one attached hydrogen (secondary N) is 1. The van der Waals surface area contributed by atoms with Gasteiger partial charge in [-0.3, -0.25) is 4.68 Å². The molecule has 0 spiro atoms. The molecular weight excluding hydrogens is 292 g/mol. The Morgan fingerprint density at radius 1 is 1.39 bits per heavy atom. The van der Waals surface area contributed by atoms with Crippen molar-refractivity contribution in [3.05, 3.63) is 48.6 Å². The van der Waals surface area contributed by atoms with Gasteiger partial charge in [0.2, 0.25) is 5.88 Å². The zero-order valence-corrected chi connectivity index (χ0v) is 12.9. The molecule has 0 aromatic carbocycles. The smallest absolute Gasteiger partial charge is 0.224 e. The zero-order chi connectivity index (χ0) is 15.6. The molecule has 1 fully saturated rings. The fourth-order valence-corrected chi connectivity index (χ4v) is 2.34. The summed E-state index contributed by atoms with van der Waals surface area (Å²) in [6.07, 6.45) is 11.9. The van der Waals surface area contributed by atoms with Crippen LogP contribution in [0.2, 0.25) is 0 Å². The maximum absolute atomic E-state index is 5.64. The van der Waals surface area contributed by atoms with Crippen LogP contribution < -0.4 is 10.1 Å². The summed E-state index contributed by atoms with van der Waals surface area (Å²) < 4.78 is 9.18. The first kappa shape index (κ1) is 13.8.